The lowest BCUT2D eigenvalue weighted by atomic mass is 9.89. The van der Waals surface area contributed by atoms with E-state index in [2.05, 4.69) is 13.0 Å². The molecule has 3 rings (SSSR count). The summed E-state index contributed by atoms with van der Waals surface area (Å²) in [6, 6.07) is 2.27. The van der Waals surface area contributed by atoms with E-state index in [1.165, 1.54) is 37.0 Å². The Morgan fingerprint density at radius 2 is 2.31 bits per heavy atom. The lowest BCUT2D eigenvalue weighted by molar-refractivity contribution is 0.401. The van der Waals surface area contributed by atoms with Crippen LogP contribution in [-0.4, -0.2) is 5.54 Å². The van der Waals surface area contributed by atoms with Gasteiger partial charge < -0.3 is 10.2 Å². The molecule has 0 radical (unpaired) electrons. The standard InChI is InChI=1S/C14H21NO/c1-10-2-3-13-11(8-10)9-12(16-13)4-5-14(15)6-7-14/h9-10H,2-8,15H2,1H3. The van der Waals surface area contributed by atoms with E-state index in [4.69, 9.17) is 10.2 Å². The molecule has 0 spiro atoms. The van der Waals surface area contributed by atoms with E-state index >= 15 is 0 Å². The molecule has 1 saturated carbocycles. The van der Waals surface area contributed by atoms with Gasteiger partial charge >= 0.3 is 0 Å². The van der Waals surface area contributed by atoms with Crippen LogP contribution in [-0.2, 0) is 19.3 Å². The maximum atomic E-state index is 6.10. The number of aryl methyl sites for hydroxylation is 2. The molecule has 2 aliphatic rings. The number of rotatable bonds is 3. The summed E-state index contributed by atoms with van der Waals surface area (Å²) in [5, 5.41) is 0. The molecule has 2 N–H and O–H groups in total. The van der Waals surface area contributed by atoms with Crippen molar-refractivity contribution in [3.8, 4) is 0 Å². The Bertz CT molecular complexity index is 389. The van der Waals surface area contributed by atoms with Crippen molar-refractivity contribution < 1.29 is 4.42 Å². The average molecular weight is 219 g/mol. The van der Waals surface area contributed by atoms with Crippen LogP contribution in [0.4, 0.5) is 0 Å². The van der Waals surface area contributed by atoms with E-state index in [0.717, 1.165) is 30.9 Å². The van der Waals surface area contributed by atoms with Crippen LogP contribution in [0.3, 0.4) is 0 Å². The minimum atomic E-state index is 0.153. The minimum Gasteiger partial charge on any atom is -0.466 e. The van der Waals surface area contributed by atoms with Crippen molar-refractivity contribution in [1.29, 1.82) is 0 Å². The van der Waals surface area contributed by atoms with Crippen LogP contribution in [0.1, 0.15) is 49.7 Å². The predicted octanol–water partition coefficient (Wildman–Crippen LogP) is 2.83. The molecule has 0 amide bonds. The molecule has 1 atom stereocenters. The topological polar surface area (TPSA) is 39.2 Å². The second-order valence-electron chi connectivity index (χ2n) is 5.87. The highest BCUT2D eigenvalue weighted by Gasteiger charge is 2.37. The monoisotopic (exact) mass is 219 g/mol. The van der Waals surface area contributed by atoms with Crippen molar-refractivity contribution in [3.05, 3.63) is 23.2 Å². The van der Waals surface area contributed by atoms with Crippen molar-refractivity contribution in [2.45, 2.75) is 57.4 Å². The van der Waals surface area contributed by atoms with Crippen LogP contribution in [0.5, 0.6) is 0 Å². The molecular weight excluding hydrogens is 198 g/mol. The lowest BCUT2D eigenvalue weighted by Crippen LogP contribution is -2.21. The fraction of sp³-hybridized carbons (Fsp3) is 0.714. The summed E-state index contributed by atoms with van der Waals surface area (Å²) in [4.78, 5) is 0. The van der Waals surface area contributed by atoms with E-state index < -0.39 is 0 Å². The zero-order chi connectivity index (χ0) is 11.2. The van der Waals surface area contributed by atoms with Gasteiger partial charge in [0.15, 0.2) is 0 Å². The Hall–Kier alpha value is -0.760. The van der Waals surface area contributed by atoms with Crippen LogP contribution in [0.2, 0.25) is 0 Å². The molecule has 1 unspecified atom stereocenters. The molecule has 2 heteroatoms. The van der Waals surface area contributed by atoms with Gasteiger partial charge in [0.05, 0.1) is 0 Å². The van der Waals surface area contributed by atoms with Gasteiger partial charge in [-0.15, -0.1) is 0 Å². The Morgan fingerprint density at radius 1 is 1.50 bits per heavy atom. The first kappa shape index (κ1) is 10.4. The summed E-state index contributed by atoms with van der Waals surface area (Å²) in [5.74, 6) is 3.23. The van der Waals surface area contributed by atoms with Crippen LogP contribution in [0.15, 0.2) is 10.5 Å². The summed E-state index contributed by atoms with van der Waals surface area (Å²) < 4.78 is 5.92. The normalized spacial score (nSPS) is 26.5. The van der Waals surface area contributed by atoms with Crippen LogP contribution < -0.4 is 5.73 Å². The molecule has 0 aromatic carbocycles. The summed E-state index contributed by atoms with van der Waals surface area (Å²) >= 11 is 0. The third-order valence-corrected chi connectivity index (χ3v) is 4.14. The first-order chi connectivity index (χ1) is 7.65. The molecule has 1 aromatic heterocycles. The van der Waals surface area contributed by atoms with Gasteiger partial charge in [0, 0.05) is 18.4 Å². The third-order valence-electron chi connectivity index (χ3n) is 4.14. The Balaban J connectivity index is 1.67. The van der Waals surface area contributed by atoms with Gasteiger partial charge in [0.1, 0.15) is 11.5 Å². The van der Waals surface area contributed by atoms with E-state index in [0.29, 0.717) is 0 Å². The number of fused-ring (bicyclic) bond motifs is 1. The zero-order valence-corrected chi connectivity index (χ0v) is 10.1. The number of hydrogen-bond donors (Lipinski definition) is 1. The summed E-state index contributed by atoms with van der Waals surface area (Å²) in [6.45, 7) is 2.33. The quantitative estimate of drug-likeness (QED) is 0.849. The number of hydrogen-bond acceptors (Lipinski definition) is 2. The lowest BCUT2D eigenvalue weighted by Gasteiger charge is -2.15. The van der Waals surface area contributed by atoms with Crippen molar-refractivity contribution in [2.75, 3.05) is 0 Å². The maximum absolute atomic E-state index is 6.10. The van der Waals surface area contributed by atoms with Gasteiger partial charge in [-0.1, -0.05) is 6.92 Å². The fourth-order valence-electron chi connectivity index (χ4n) is 2.67. The average Bonchev–Trinajstić information content (AvgIpc) is 2.85. The highest BCUT2D eigenvalue weighted by atomic mass is 16.3. The summed E-state index contributed by atoms with van der Waals surface area (Å²) in [5.41, 5.74) is 7.70. The molecule has 16 heavy (non-hydrogen) atoms. The largest absolute Gasteiger partial charge is 0.466 e. The molecular formula is C14H21NO. The van der Waals surface area contributed by atoms with E-state index in [1.54, 1.807) is 0 Å². The van der Waals surface area contributed by atoms with Crippen molar-refractivity contribution >= 4 is 0 Å². The van der Waals surface area contributed by atoms with E-state index in [9.17, 15) is 0 Å². The minimum absolute atomic E-state index is 0.153. The molecule has 2 nitrogen and oxygen atoms in total. The molecule has 0 saturated heterocycles. The zero-order valence-electron chi connectivity index (χ0n) is 10.1. The van der Waals surface area contributed by atoms with Gasteiger partial charge in [-0.2, -0.15) is 0 Å². The SMILES string of the molecule is CC1CCc2oc(CCC3(N)CC3)cc2C1. The van der Waals surface area contributed by atoms with Gasteiger partial charge in [-0.3, -0.25) is 0 Å². The van der Waals surface area contributed by atoms with E-state index in [-0.39, 0.29) is 5.54 Å². The Morgan fingerprint density at radius 3 is 3.06 bits per heavy atom. The Kier molecular flexibility index (Phi) is 2.36. The van der Waals surface area contributed by atoms with E-state index in [1.807, 2.05) is 0 Å². The molecule has 1 heterocycles. The van der Waals surface area contributed by atoms with Gasteiger partial charge in [0.25, 0.3) is 0 Å². The van der Waals surface area contributed by atoms with Gasteiger partial charge in [-0.25, -0.2) is 0 Å². The Labute approximate surface area is 97.2 Å². The molecule has 0 bridgehead atoms. The van der Waals surface area contributed by atoms with Crippen molar-refractivity contribution in [1.82, 2.24) is 0 Å². The molecule has 1 aromatic rings. The third kappa shape index (κ3) is 2.03. The first-order valence-corrected chi connectivity index (χ1v) is 6.54. The molecule has 2 aliphatic carbocycles. The summed E-state index contributed by atoms with van der Waals surface area (Å²) in [6.07, 6.45) is 8.12. The van der Waals surface area contributed by atoms with Crippen molar-refractivity contribution in [2.24, 2.45) is 11.7 Å². The van der Waals surface area contributed by atoms with Gasteiger partial charge in [0.2, 0.25) is 0 Å². The molecule has 0 aliphatic heterocycles. The van der Waals surface area contributed by atoms with Crippen LogP contribution >= 0.6 is 0 Å². The maximum Gasteiger partial charge on any atom is 0.107 e. The van der Waals surface area contributed by atoms with Crippen LogP contribution in [0.25, 0.3) is 0 Å². The molecule has 88 valence electrons. The van der Waals surface area contributed by atoms with Crippen LogP contribution in [0, 0.1) is 5.92 Å². The highest BCUT2D eigenvalue weighted by molar-refractivity contribution is 5.25. The summed E-state index contributed by atoms with van der Waals surface area (Å²) in [7, 11) is 0. The second-order valence-corrected chi connectivity index (χ2v) is 5.87. The highest BCUT2D eigenvalue weighted by Crippen LogP contribution is 2.37. The predicted molar refractivity (Wildman–Crippen MR) is 64.4 cm³/mol. The number of nitrogens with two attached hydrogens (primary N) is 1. The molecule has 1 fully saturated rings. The fourth-order valence-corrected chi connectivity index (χ4v) is 2.67. The number of furan rings is 1. The second kappa shape index (κ2) is 3.63. The first-order valence-electron chi connectivity index (χ1n) is 6.54. The smallest absolute Gasteiger partial charge is 0.107 e. The van der Waals surface area contributed by atoms with Crippen molar-refractivity contribution in [3.63, 3.8) is 0 Å². The van der Waals surface area contributed by atoms with Gasteiger partial charge in [-0.05, 0) is 49.7 Å².